The summed E-state index contributed by atoms with van der Waals surface area (Å²) in [6.45, 7) is 1.76. The number of carbonyl (C=O) groups is 1. The van der Waals surface area contributed by atoms with Gasteiger partial charge in [-0.2, -0.15) is 4.98 Å². The van der Waals surface area contributed by atoms with Crippen molar-refractivity contribution in [3.8, 4) is 0 Å². The number of hydrogen-bond acceptors (Lipinski definition) is 5. The minimum Gasteiger partial charge on any atom is -0.347 e. The molecule has 144 valence electrons. The fraction of sp³-hybridized carbons (Fsp3) is 0.263. The average Bonchev–Trinajstić information content (AvgIpc) is 3.47. The van der Waals surface area contributed by atoms with Gasteiger partial charge in [-0.05, 0) is 44.0 Å². The fourth-order valence-corrected chi connectivity index (χ4v) is 3.14. The quantitative estimate of drug-likeness (QED) is 0.606. The van der Waals surface area contributed by atoms with Crippen molar-refractivity contribution in [1.29, 1.82) is 0 Å². The Labute approximate surface area is 164 Å². The Hall–Kier alpha value is -3.00. The molecule has 0 radical (unpaired) electrons. The smallest absolute Gasteiger partial charge is 0.253 e. The van der Waals surface area contributed by atoms with E-state index in [4.69, 9.17) is 11.6 Å². The number of fused-ring (bicyclic) bond motifs is 1. The number of hydrogen-bond donors (Lipinski definition) is 3. The number of benzene rings is 1. The highest BCUT2D eigenvalue weighted by Crippen LogP contribution is 2.30. The summed E-state index contributed by atoms with van der Waals surface area (Å²) in [5.74, 6) is 0.0752. The molecular weight excluding hydrogens is 385 g/mol. The first-order valence-electron chi connectivity index (χ1n) is 8.83. The van der Waals surface area contributed by atoms with Crippen molar-refractivity contribution in [3.05, 3.63) is 57.2 Å². The second-order valence-corrected chi connectivity index (χ2v) is 7.24. The van der Waals surface area contributed by atoms with E-state index in [2.05, 4.69) is 25.6 Å². The molecule has 0 aliphatic heterocycles. The lowest BCUT2D eigenvalue weighted by atomic mass is 10.1. The fourth-order valence-electron chi connectivity index (χ4n) is 2.92. The Balaban J connectivity index is 1.58. The van der Waals surface area contributed by atoms with Crippen LogP contribution in [-0.4, -0.2) is 20.9 Å². The predicted molar refractivity (Wildman–Crippen MR) is 105 cm³/mol. The standard InChI is InChI=1S/C19H17ClFN5O2/c1-9(13-7-11-6-12(20)8-14(21)16(11)26-18(13)28)23-19-22-5-4-15(25-19)24-17(27)10-2-3-10/h4-10H,2-3H2,1H3,(H,26,28)(H2,22,23,24,25,27)/t9-/m0/s1. The Morgan fingerprint density at radius 3 is 2.89 bits per heavy atom. The van der Waals surface area contributed by atoms with Crippen LogP contribution < -0.4 is 16.2 Å². The topological polar surface area (TPSA) is 99.8 Å². The van der Waals surface area contributed by atoms with Gasteiger partial charge in [0.1, 0.15) is 11.6 Å². The van der Waals surface area contributed by atoms with Crippen molar-refractivity contribution in [2.24, 2.45) is 5.92 Å². The summed E-state index contributed by atoms with van der Waals surface area (Å²) in [4.78, 5) is 35.2. The molecule has 1 aromatic carbocycles. The summed E-state index contributed by atoms with van der Waals surface area (Å²) < 4.78 is 14.0. The molecule has 3 aromatic rings. The van der Waals surface area contributed by atoms with Gasteiger partial charge < -0.3 is 15.6 Å². The summed E-state index contributed by atoms with van der Waals surface area (Å²) in [5, 5.41) is 6.51. The van der Waals surface area contributed by atoms with Crippen LogP contribution in [0.15, 0.2) is 35.3 Å². The Morgan fingerprint density at radius 1 is 1.36 bits per heavy atom. The predicted octanol–water partition coefficient (Wildman–Crippen LogP) is 3.63. The number of rotatable bonds is 5. The molecule has 1 saturated carbocycles. The Bertz CT molecular complexity index is 1130. The van der Waals surface area contributed by atoms with Gasteiger partial charge in [-0.1, -0.05) is 11.6 Å². The first-order chi connectivity index (χ1) is 13.4. The lowest BCUT2D eigenvalue weighted by Gasteiger charge is -2.15. The van der Waals surface area contributed by atoms with Gasteiger partial charge in [0.25, 0.3) is 5.56 Å². The molecule has 0 spiro atoms. The van der Waals surface area contributed by atoms with Crippen molar-refractivity contribution in [2.45, 2.75) is 25.8 Å². The largest absolute Gasteiger partial charge is 0.347 e. The average molecular weight is 402 g/mol. The normalized spacial score (nSPS) is 14.7. The molecule has 4 rings (SSSR count). The minimum atomic E-state index is -0.589. The number of nitrogens with zero attached hydrogens (tertiary/aromatic N) is 2. The lowest BCUT2D eigenvalue weighted by molar-refractivity contribution is -0.117. The number of aromatic amines is 1. The van der Waals surface area contributed by atoms with E-state index >= 15 is 0 Å². The van der Waals surface area contributed by atoms with Crippen LogP contribution in [0.25, 0.3) is 10.9 Å². The number of pyridine rings is 1. The van der Waals surface area contributed by atoms with Gasteiger partial charge in [0.15, 0.2) is 0 Å². The first-order valence-corrected chi connectivity index (χ1v) is 9.21. The molecular formula is C19H17ClFN5O2. The maximum Gasteiger partial charge on any atom is 0.253 e. The molecule has 3 N–H and O–H groups in total. The van der Waals surface area contributed by atoms with Crippen LogP contribution in [0.4, 0.5) is 16.2 Å². The van der Waals surface area contributed by atoms with Crippen molar-refractivity contribution in [3.63, 3.8) is 0 Å². The monoisotopic (exact) mass is 401 g/mol. The van der Waals surface area contributed by atoms with Gasteiger partial charge >= 0.3 is 0 Å². The summed E-state index contributed by atoms with van der Waals surface area (Å²) in [5.41, 5.74) is 0.0588. The number of nitrogens with one attached hydrogen (secondary N) is 3. The number of aromatic nitrogens is 3. The number of halogens is 2. The zero-order valence-corrected chi connectivity index (χ0v) is 15.7. The van der Waals surface area contributed by atoms with E-state index in [-0.39, 0.29) is 28.3 Å². The van der Waals surface area contributed by atoms with E-state index in [0.29, 0.717) is 16.8 Å². The minimum absolute atomic E-state index is 0.0532. The van der Waals surface area contributed by atoms with Gasteiger partial charge in [0, 0.05) is 28.1 Å². The highest BCUT2D eigenvalue weighted by Gasteiger charge is 2.29. The second-order valence-electron chi connectivity index (χ2n) is 6.80. The van der Waals surface area contributed by atoms with Crippen LogP contribution in [0.5, 0.6) is 0 Å². The van der Waals surface area contributed by atoms with E-state index in [0.717, 1.165) is 18.9 Å². The van der Waals surface area contributed by atoms with Crippen LogP contribution in [-0.2, 0) is 4.79 Å². The summed E-state index contributed by atoms with van der Waals surface area (Å²) >= 11 is 5.91. The number of carbonyl (C=O) groups excluding carboxylic acids is 1. The maximum atomic E-state index is 14.0. The molecule has 1 aliphatic carbocycles. The highest BCUT2D eigenvalue weighted by atomic mass is 35.5. The first kappa shape index (κ1) is 18.4. The van der Waals surface area contributed by atoms with Crippen LogP contribution in [0.3, 0.4) is 0 Å². The van der Waals surface area contributed by atoms with E-state index in [1.165, 1.54) is 6.20 Å². The van der Waals surface area contributed by atoms with Crippen LogP contribution in [0.2, 0.25) is 5.02 Å². The molecule has 1 fully saturated rings. The van der Waals surface area contributed by atoms with E-state index in [1.54, 1.807) is 25.1 Å². The van der Waals surface area contributed by atoms with Crippen molar-refractivity contribution < 1.29 is 9.18 Å². The van der Waals surface area contributed by atoms with Crippen LogP contribution >= 0.6 is 11.6 Å². The van der Waals surface area contributed by atoms with Gasteiger partial charge in [0.05, 0.1) is 11.6 Å². The van der Waals surface area contributed by atoms with Gasteiger partial charge in [-0.15, -0.1) is 0 Å². The summed E-state index contributed by atoms with van der Waals surface area (Å²) in [7, 11) is 0. The zero-order valence-electron chi connectivity index (χ0n) is 14.9. The third-order valence-corrected chi connectivity index (χ3v) is 4.78. The number of anilines is 2. The van der Waals surface area contributed by atoms with E-state index in [1.807, 2.05) is 0 Å². The van der Waals surface area contributed by atoms with Crippen molar-refractivity contribution in [1.82, 2.24) is 15.0 Å². The SMILES string of the molecule is C[C@H](Nc1nccc(NC(=O)C2CC2)n1)c1cc2cc(Cl)cc(F)c2[nH]c1=O. The molecule has 0 unspecified atom stereocenters. The van der Waals surface area contributed by atoms with E-state index in [9.17, 15) is 14.0 Å². The summed E-state index contributed by atoms with van der Waals surface area (Å²) in [6.07, 6.45) is 3.31. The molecule has 2 heterocycles. The summed E-state index contributed by atoms with van der Waals surface area (Å²) in [6, 6.07) is 5.45. The lowest BCUT2D eigenvalue weighted by Crippen LogP contribution is -2.21. The maximum absolute atomic E-state index is 14.0. The number of H-pyrrole nitrogens is 1. The third kappa shape index (κ3) is 3.82. The molecule has 28 heavy (non-hydrogen) atoms. The van der Waals surface area contributed by atoms with Gasteiger partial charge in [-0.3, -0.25) is 9.59 Å². The van der Waals surface area contributed by atoms with Crippen LogP contribution in [0.1, 0.15) is 31.4 Å². The highest BCUT2D eigenvalue weighted by molar-refractivity contribution is 6.31. The molecule has 2 aromatic heterocycles. The molecule has 0 saturated heterocycles. The third-order valence-electron chi connectivity index (χ3n) is 4.56. The van der Waals surface area contributed by atoms with E-state index < -0.39 is 17.4 Å². The molecule has 1 atom stereocenters. The van der Waals surface area contributed by atoms with Crippen LogP contribution in [0, 0.1) is 11.7 Å². The van der Waals surface area contributed by atoms with Gasteiger partial charge in [0.2, 0.25) is 11.9 Å². The van der Waals surface area contributed by atoms with Crippen molar-refractivity contribution in [2.75, 3.05) is 10.6 Å². The Kier molecular flexibility index (Phi) is 4.72. The van der Waals surface area contributed by atoms with Crippen molar-refractivity contribution >= 4 is 40.2 Å². The molecule has 9 heteroatoms. The second kappa shape index (κ2) is 7.20. The Morgan fingerprint density at radius 2 is 2.14 bits per heavy atom. The molecule has 0 bridgehead atoms. The molecule has 1 aliphatic rings. The zero-order chi connectivity index (χ0) is 19.8. The molecule has 1 amide bonds. The van der Waals surface area contributed by atoms with Gasteiger partial charge in [-0.25, -0.2) is 9.37 Å². The molecule has 7 nitrogen and oxygen atoms in total. The number of amides is 1.